The zero-order chi connectivity index (χ0) is 9.97. The molecule has 0 aromatic carbocycles. The van der Waals surface area contributed by atoms with E-state index in [1.165, 1.54) is 10.4 Å². The Morgan fingerprint density at radius 2 is 2.50 bits per heavy atom. The van der Waals surface area contributed by atoms with Crippen molar-refractivity contribution in [2.75, 3.05) is 20.1 Å². The van der Waals surface area contributed by atoms with Crippen LogP contribution in [0, 0.1) is 0 Å². The Morgan fingerprint density at radius 3 is 3.14 bits per heavy atom. The summed E-state index contributed by atoms with van der Waals surface area (Å²) in [6, 6.07) is 2.34. The average Bonchev–Trinajstić information content (AvgIpc) is 2.66. The minimum absolute atomic E-state index is 0.607. The number of aliphatic imine (C=N–C) groups is 1. The van der Waals surface area contributed by atoms with Gasteiger partial charge < -0.3 is 4.90 Å². The molecule has 1 aromatic heterocycles. The van der Waals surface area contributed by atoms with Gasteiger partial charge in [-0.05, 0) is 23.4 Å². The minimum atomic E-state index is 0.607. The Kier molecular flexibility index (Phi) is 2.87. The summed E-state index contributed by atoms with van der Waals surface area (Å²) in [5.41, 5.74) is 1.46. The van der Waals surface area contributed by atoms with Gasteiger partial charge >= 0.3 is 0 Å². The molecule has 0 saturated carbocycles. The molecule has 14 heavy (non-hydrogen) atoms. The summed E-state index contributed by atoms with van der Waals surface area (Å²) in [4.78, 5) is 8.02. The van der Waals surface area contributed by atoms with Crippen molar-refractivity contribution in [1.82, 2.24) is 4.90 Å². The molecule has 0 bridgehead atoms. The zero-order valence-electron chi connectivity index (χ0n) is 8.73. The van der Waals surface area contributed by atoms with Crippen molar-refractivity contribution in [3.8, 4) is 0 Å². The molecular formula is C11H16N2S. The van der Waals surface area contributed by atoms with Crippen molar-refractivity contribution in [3.05, 3.63) is 21.9 Å². The van der Waals surface area contributed by atoms with E-state index in [0.717, 1.165) is 19.5 Å². The van der Waals surface area contributed by atoms with E-state index in [9.17, 15) is 0 Å². The van der Waals surface area contributed by atoms with Crippen LogP contribution < -0.4 is 0 Å². The summed E-state index contributed by atoms with van der Waals surface area (Å²) in [7, 11) is 2.09. The predicted molar refractivity (Wildman–Crippen MR) is 62.4 cm³/mol. The highest BCUT2D eigenvalue weighted by atomic mass is 32.1. The van der Waals surface area contributed by atoms with Crippen LogP contribution in [0.2, 0.25) is 0 Å². The lowest BCUT2D eigenvalue weighted by molar-refractivity contribution is 0.443. The van der Waals surface area contributed by atoms with E-state index in [2.05, 4.69) is 35.3 Å². The van der Waals surface area contributed by atoms with Crippen LogP contribution in [0.3, 0.4) is 0 Å². The third-order valence-corrected chi connectivity index (χ3v) is 3.74. The van der Waals surface area contributed by atoms with Gasteiger partial charge in [0.15, 0.2) is 0 Å². The molecule has 0 fully saturated rings. The first-order chi connectivity index (χ1) is 6.79. The second-order valence-electron chi connectivity index (χ2n) is 3.83. The van der Waals surface area contributed by atoms with Crippen LogP contribution in [0.1, 0.15) is 23.3 Å². The fraction of sp³-hybridized carbons (Fsp3) is 0.545. The summed E-state index contributed by atoms with van der Waals surface area (Å²) in [6.45, 7) is 4.26. The van der Waals surface area contributed by atoms with Crippen molar-refractivity contribution in [1.29, 1.82) is 0 Å². The summed E-state index contributed by atoms with van der Waals surface area (Å²) >= 11 is 1.88. The van der Waals surface area contributed by atoms with Gasteiger partial charge in [0.25, 0.3) is 0 Å². The predicted octanol–water partition coefficient (Wildman–Crippen LogP) is 2.37. The van der Waals surface area contributed by atoms with E-state index >= 15 is 0 Å². The average molecular weight is 208 g/mol. The van der Waals surface area contributed by atoms with E-state index in [-0.39, 0.29) is 0 Å². The van der Waals surface area contributed by atoms with Crippen LogP contribution in [0.5, 0.6) is 0 Å². The van der Waals surface area contributed by atoms with E-state index in [1.54, 1.807) is 0 Å². The molecule has 2 rings (SSSR count). The highest BCUT2D eigenvalue weighted by Gasteiger charge is 2.17. The number of thiophene rings is 1. The van der Waals surface area contributed by atoms with E-state index in [1.807, 2.05) is 17.7 Å². The minimum Gasteiger partial charge on any atom is -0.365 e. The molecule has 0 radical (unpaired) electrons. The number of likely N-dealkylation sites (N-methyl/N-ethyl adjacent to an activating group) is 1. The van der Waals surface area contributed by atoms with Gasteiger partial charge in [-0.25, -0.2) is 0 Å². The summed E-state index contributed by atoms with van der Waals surface area (Å²) in [6.07, 6.45) is 3.08. The topological polar surface area (TPSA) is 15.6 Å². The number of aryl methyl sites for hydroxylation is 1. The van der Waals surface area contributed by atoms with Crippen LogP contribution >= 0.6 is 11.3 Å². The largest absolute Gasteiger partial charge is 0.365 e. The van der Waals surface area contributed by atoms with Crippen LogP contribution in [0.25, 0.3) is 0 Å². The lowest BCUT2D eigenvalue weighted by Crippen LogP contribution is -2.28. The normalized spacial score (nSPS) is 21.6. The molecule has 0 aliphatic carbocycles. The Labute approximate surface area is 89.3 Å². The van der Waals surface area contributed by atoms with Gasteiger partial charge in [-0.3, -0.25) is 4.99 Å². The first-order valence-electron chi connectivity index (χ1n) is 5.07. The van der Waals surface area contributed by atoms with E-state index in [4.69, 9.17) is 0 Å². The molecule has 1 aliphatic heterocycles. The maximum Gasteiger partial charge on any atom is 0.0847 e. The molecule has 0 saturated heterocycles. The van der Waals surface area contributed by atoms with Crippen LogP contribution in [-0.2, 0) is 6.42 Å². The number of rotatable bonds is 2. The Bertz CT molecular complexity index is 330. The fourth-order valence-electron chi connectivity index (χ4n) is 1.74. The van der Waals surface area contributed by atoms with E-state index in [0.29, 0.717) is 5.92 Å². The third kappa shape index (κ3) is 1.98. The molecule has 0 amide bonds. The number of hydrogen-bond acceptors (Lipinski definition) is 3. The fourth-order valence-corrected chi connectivity index (χ4v) is 2.82. The number of hydrogen-bond donors (Lipinski definition) is 0. The molecule has 1 atom stereocenters. The molecule has 0 N–H and O–H groups in total. The molecular weight excluding hydrogens is 192 g/mol. The van der Waals surface area contributed by atoms with Crippen molar-refractivity contribution in [3.63, 3.8) is 0 Å². The SMILES string of the molecule is CCc1csc(C2CN=CN(C)C2)c1. The smallest absolute Gasteiger partial charge is 0.0847 e. The first kappa shape index (κ1) is 9.71. The van der Waals surface area contributed by atoms with Gasteiger partial charge in [0.05, 0.1) is 6.34 Å². The highest BCUT2D eigenvalue weighted by Crippen LogP contribution is 2.26. The van der Waals surface area contributed by atoms with Crippen LogP contribution in [0.4, 0.5) is 0 Å². The standard InChI is InChI=1S/C11H16N2S/c1-3-9-4-11(14-7-9)10-5-12-8-13(2)6-10/h4,7-8,10H,3,5-6H2,1-2H3. The second-order valence-corrected chi connectivity index (χ2v) is 4.77. The van der Waals surface area contributed by atoms with Crippen molar-refractivity contribution in [2.45, 2.75) is 19.3 Å². The number of nitrogens with zero attached hydrogens (tertiary/aromatic N) is 2. The lowest BCUT2D eigenvalue weighted by Gasteiger charge is -2.24. The summed E-state index contributed by atoms with van der Waals surface area (Å²) in [5.74, 6) is 0.607. The van der Waals surface area contributed by atoms with Crippen LogP contribution in [-0.4, -0.2) is 31.4 Å². The molecule has 0 spiro atoms. The maximum atomic E-state index is 4.36. The molecule has 1 unspecified atom stereocenters. The molecule has 76 valence electrons. The van der Waals surface area contributed by atoms with Crippen molar-refractivity contribution in [2.24, 2.45) is 4.99 Å². The van der Waals surface area contributed by atoms with Gasteiger partial charge in [-0.2, -0.15) is 0 Å². The summed E-state index contributed by atoms with van der Waals surface area (Å²) < 4.78 is 0. The quantitative estimate of drug-likeness (QED) is 0.728. The first-order valence-corrected chi connectivity index (χ1v) is 5.95. The monoisotopic (exact) mass is 208 g/mol. The highest BCUT2D eigenvalue weighted by molar-refractivity contribution is 7.10. The Hall–Kier alpha value is -0.830. The summed E-state index contributed by atoms with van der Waals surface area (Å²) in [5, 5.41) is 2.27. The zero-order valence-corrected chi connectivity index (χ0v) is 9.55. The molecule has 1 aliphatic rings. The maximum absolute atomic E-state index is 4.36. The molecule has 2 nitrogen and oxygen atoms in total. The molecule has 3 heteroatoms. The van der Waals surface area contributed by atoms with Gasteiger partial charge in [0.2, 0.25) is 0 Å². The van der Waals surface area contributed by atoms with Gasteiger partial charge in [0.1, 0.15) is 0 Å². The molecule has 2 heterocycles. The Balaban J connectivity index is 2.11. The second kappa shape index (κ2) is 4.13. The third-order valence-electron chi connectivity index (χ3n) is 2.60. The molecule has 1 aromatic rings. The van der Waals surface area contributed by atoms with Crippen molar-refractivity contribution < 1.29 is 0 Å². The van der Waals surface area contributed by atoms with Crippen LogP contribution in [0.15, 0.2) is 16.4 Å². The van der Waals surface area contributed by atoms with Gasteiger partial charge in [-0.15, -0.1) is 11.3 Å². The van der Waals surface area contributed by atoms with Gasteiger partial charge in [-0.1, -0.05) is 6.92 Å². The van der Waals surface area contributed by atoms with Crippen molar-refractivity contribution >= 4 is 17.7 Å². The lowest BCUT2D eigenvalue weighted by atomic mass is 10.1. The van der Waals surface area contributed by atoms with E-state index < -0.39 is 0 Å². The Morgan fingerprint density at radius 1 is 1.64 bits per heavy atom. The van der Waals surface area contributed by atoms with Gasteiger partial charge in [0, 0.05) is 30.9 Å².